The van der Waals surface area contributed by atoms with Crippen LogP contribution >= 0.6 is 0 Å². The second-order valence-corrected chi connectivity index (χ2v) is 5.95. The zero-order valence-corrected chi connectivity index (χ0v) is 13.8. The predicted molar refractivity (Wildman–Crippen MR) is 82.1 cm³/mol. The smallest absolute Gasteiger partial charge is 0.209 e. The summed E-state index contributed by atoms with van der Waals surface area (Å²) in [5.74, 6) is -1.23. The first kappa shape index (κ1) is 18.4. The molecule has 1 unspecified atom stereocenters. The molecule has 0 aliphatic carbocycles. The lowest BCUT2D eigenvalue weighted by atomic mass is 10.0. The first-order valence-corrected chi connectivity index (χ1v) is 7.20. The Bertz CT molecular complexity index is 507. The van der Waals surface area contributed by atoms with Crippen molar-refractivity contribution in [1.29, 1.82) is 0 Å². The molecule has 4 nitrogen and oxygen atoms in total. The van der Waals surface area contributed by atoms with Crippen LogP contribution in [-0.2, 0) is 4.79 Å². The normalized spacial score (nSPS) is 12.6. The summed E-state index contributed by atoms with van der Waals surface area (Å²) in [6.07, 6.45) is 0.715. The Kier molecular flexibility index (Phi) is 6.74. The Morgan fingerprint density at radius 3 is 2.36 bits per heavy atom. The van der Waals surface area contributed by atoms with Crippen molar-refractivity contribution in [3.8, 4) is 5.75 Å². The van der Waals surface area contributed by atoms with E-state index in [2.05, 4.69) is 0 Å². The highest BCUT2D eigenvalue weighted by atomic mass is 19.1. The molecule has 0 saturated heterocycles. The number of carbonyl (C=O) groups excluding carboxylic acids is 1. The largest absolute Gasteiger partial charge is 0.491 e. The van der Waals surface area contributed by atoms with Crippen LogP contribution in [0.3, 0.4) is 0 Å². The topological polar surface area (TPSA) is 32.8 Å². The minimum atomic E-state index is -0.676. The van der Waals surface area contributed by atoms with E-state index in [1.54, 1.807) is 7.05 Å². The molecule has 1 aromatic rings. The summed E-state index contributed by atoms with van der Waals surface area (Å²) in [6, 6.07) is 1.84. The van der Waals surface area contributed by atoms with E-state index in [9.17, 15) is 13.6 Å². The Labute approximate surface area is 130 Å². The third-order valence-electron chi connectivity index (χ3n) is 3.38. The number of likely N-dealkylation sites (N-methyl/N-ethyl adjacent to an activating group) is 2. The van der Waals surface area contributed by atoms with Crippen LogP contribution in [0.5, 0.6) is 5.75 Å². The highest BCUT2D eigenvalue weighted by Crippen LogP contribution is 2.30. The molecule has 0 heterocycles. The fraction of sp³-hybridized carbons (Fsp3) is 0.562. The molecule has 0 aliphatic rings. The number of carbonyl (C=O) groups is 1. The molecular weight excluding hydrogens is 290 g/mol. The molecule has 0 bridgehead atoms. The van der Waals surface area contributed by atoms with Gasteiger partial charge in [-0.05, 0) is 20.0 Å². The van der Waals surface area contributed by atoms with E-state index in [0.29, 0.717) is 18.5 Å². The molecule has 22 heavy (non-hydrogen) atoms. The number of amides is 1. The van der Waals surface area contributed by atoms with Crippen molar-refractivity contribution in [2.75, 3.05) is 34.3 Å². The van der Waals surface area contributed by atoms with Gasteiger partial charge >= 0.3 is 0 Å². The standard InChI is InChI=1S/C16H24F2N2O2/c1-11(2)16-14(18)6-12(17)7-15(16)22-9-13(8-19(3)4)20(5)10-21/h6-7,10-11,13H,8-9H2,1-5H3. The van der Waals surface area contributed by atoms with Crippen LogP contribution in [-0.4, -0.2) is 56.5 Å². The molecule has 0 aromatic heterocycles. The second-order valence-electron chi connectivity index (χ2n) is 5.95. The summed E-state index contributed by atoms with van der Waals surface area (Å²) in [5.41, 5.74) is 0.346. The van der Waals surface area contributed by atoms with Crippen molar-refractivity contribution >= 4 is 6.41 Å². The minimum Gasteiger partial charge on any atom is -0.491 e. The average Bonchev–Trinajstić information content (AvgIpc) is 2.40. The molecule has 0 spiro atoms. The van der Waals surface area contributed by atoms with Crippen molar-refractivity contribution in [2.45, 2.75) is 25.8 Å². The van der Waals surface area contributed by atoms with Gasteiger partial charge in [0.05, 0.1) is 6.04 Å². The molecule has 1 amide bonds. The number of hydrogen-bond acceptors (Lipinski definition) is 3. The average molecular weight is 314 g/mol. The number of benzene rings is 1. The maximum absolute atomic E-state index is 13.9. The molecule has 1 atom stereocenters. The van der Waals surface area contributed by atoms with Crippen molar-refractivity contribution in [2.24, 2.45) is 0 Å². The number of hydrogen-bond donors (Lipinski definition) is 0. The van der Waals surface area contributed by atoms with Crippen molar-refractivity contribution < 1.29 is 18.3 Å². The van der Waals surface area contributed by atoms with Crippen LogP contribution in [0, 0.1) is 11.6 Å². The number of halogens is 2. The molecule has 1 rings (SSSR count). The Morgan fingerprint density at radius 2 is 1.86 bits per heavy atom. The van der Waals surface area contributed by atoms with Gasteiger partial charge in [0.2, 0.25) is 6.41 Å². The minimum absolute atomic E-state index is 0.133. The number of nitrogens with zero attached hydrogens (tertiary/aromatic N) is 2. The summed E-state index contributed by atoms with van der Waals surface area (Å²) in [4.78, 5) is 14.4. The van der Waals surface area contributed by atoms with E-state index < -0.39 is 11.6 Å². The molecule has 0 aliphatic heterocycles. The molecule has 124 valence electrons. The molecule has 0 N–H and O–H groups in total. The SMILES string of the molecule is CC(C)c1c(F)cc(F)cc1OCC(CN(C)C)N(C)C=O. The maximum Gasteiger partial charge on any atom is 0.209 e. The van der Waals surface area contributed by atoms with Crippen molar-refractivity contribution in [1.82, 2.24) is 9.80 Å². The second kappa shape index (κ2) is 8.08. The van der Waals surface area contributed by atoms with Gasteiger partial charge in [-0.2, -0.15) is 0 Å². The highest BCUT2D eigenvalue weighted by molar-refractivity contribution is 5.47. The monoisotopic (exact) mass is 314 g/mol. The summed E-state index contributed by atoms with van der Waals surface area (Å²) in [5, 5.41) is 0. The first-order valence-electron chi connectivity index (χ1n) is 7.20. The number of ether oxygens (including phenoxy) is 1. The van der Waals surface area contributed by atoms with E-state index >= 15 is 0 Å². The van der Waals surface area contributed by atoms with Gasteiger partial charge in [0.15, 0.2) is 0 Å². The zero-order valence-electron chi connectivity index (χ0n) is 13.8. The van der Waals surface area contributed by atoms with E-state index in [0.717, 1.165) is 6.07 Å². The maximum atomic E-state index is 13.9. The first-order chi connectivity index (χ1) is 10.3. The summed E-state index contributed by atoms with van der Waals surface area (Å²) in [7, 11) is 5.42. The number of rotatable bonds is 8. The lowest BCUT2D eigenvalue weighted by Gasteiger charge is -2.28. The Hall–Kier alpha value is -1.69. The fourth-order valence-corrected chi connectivity index (χ4v) is 2.23. The summed E-state index contributed by atoms with van der Waals surface area (Å²) >= 11 is 0. The lowest BCUT2D eigenvalue weighted by molar-refractivity contribution is -0.119. The van der Waals surface area contributed by atoms with Gasteiger partial charge in [-0.3, -0.25) is 4.79 Å². The Balaban J connectivity index is 2.95. The van der Waals surface area contributed by atoms with E-state index in [-0.39, 0.29) is 24.3 Å². The van der Waals surface area contributed by atoms with E-state index in [4.69, 9.17) is 4.74 Å². The van der Waals surface area contributed by atoms with Crippen LogP contribution in [0.1, 0.15) is 25.3 Å². The zero-order chi connectivity index (χ0) is 16.9. The van der Waals surface area contributed by atoms with E-state index in [1.807, 2.05) is 32.8 Å². The fourth-order valence-electron chi connectivity index (χ4n) is 2.23. The molecule has 0 radical (unpaired) electrons. The highest BCUT2D eigenvalue weighted by Gasteiger charge is 2.19. The molecule has 0 fully saturated rings. The molecule has 0 saturated carbocycles. The quantitative estimate of drug-likeness (QED) is 0.691. The third-order valence-corrected chi connectivity index (χ3v) is 3.38. The van der Waals surface area contributed by atoms with Gasteiger partial charge in [0.1, 0.15) is 24.0 Å². The lowest BCUT2D eigenvalue weighted by Crippen LogP contribution is -2.43. The van der Waals surface area contributed by atoms with Crippen LogP contribution in [0.2, 0.25) is 0 Å². The van der Waals surface area contributed by atoms with Crippen LogP contribution in [0.4, 0.5) is 8.78 Å². The van der Waals surface area contributed by atoms with Gasteiger partial charge in [-0.25, -0.2) is 8.78 Å². The van der Waals surface area contributed by atoms with E-state index in [1.165, 1.54) is 11.0 Å². The van der Waals surface area contributed by atoms with Gasteiger partial charge in [0.25, 0.3) is 0 Å². The van der Waals surface area contributed by atoms with Crippen LogP contribution < -0.4 is 4.74 Å². The van der Waals surface area contributed by atoms with Crippen molar-refractivity contribution in [3.63, 3.8) is 0 Å². The third kappa shape index (κ3) is 4.94. The van der Waals surface area contributed by atoms with Crippen molar-refractivity contribution in [3.05, 3.63) is 29.3 Å². The van der Waals surface area contributed by atoms with Gasteiger partial charge in [-0.15, -0.1) is 0 Å². The van der Waals surface area contributed by atoms with Gasteiger partial charge in [-0.1, -0.05) is 13.8 Å². The van der Waals surface area contributed by atoms with Gasteiger partial charge < -0.3 is 14.5 Å². The molecule has 1 aromatic carbocycles. The summed E-state index contributed by atoms with van der Waals surface area (Å²) in [6.45, 7) is 4.39. The summed E-state index contributed by atoms with van der Waals surface area (Å²) < 4.78 is 33.0. The van der Waals surface area contributed by atoms with Crippen LogP contribution in [0.15, 0.2) is 12.1 Å². The Morgan fingerprint density at radius 1 is 1.23 bits per heavy atom. The molecule has 6 heteroatoms. The van der Waals surface area contributed by atoms with Gasteiger partial charge in [0, 0.05) is 31.3 Å². The predicted octanol–water partition coefficient (Wildman–Crippen LogP) is 2.49. The van der Waals surface area contributed by atoms with Crippen LogP contribution in [0.25, 0.3) is 0 Å². The molecular formula is C16H24F2N2O2.